The SMILES string of the molecule is Cc1cc(-c2nc3ccccc3n2[C@H](C)CO)cn(C)c1=O. The van der Waals surface area contributed by atoms with E-state index >= 15 is 0 Å². The van der Waals surface area contributed by atoms with Crippen molar-refractivity contribution in [2.24, 2.45) is 7.05 Å². The Bertz CT molecular complexity index is 866. The normalized spacial score (nSPS) is 12.7. The number of hydrogen-bond acceptors (Lipinski definition) is 3. The molecule has 114 valence electrons. The van der Waals surface area contributed by atoms with Gasteiger partial charge >= 0.3 is 0 Å². The van der Waals surface area contributed by atoms with Crippen molar-refractivity contribution in [1.82, 2.24) is 14.1 Å². The number of nitrogens with zero attached hydrogens (tertiary/aromatic N) is 3. The van der Waals surface area contributed by atoms with E-state index in [9.17, 15) is 9.90 Å². The lowest BCUT2D eigenvalue weighted by atomic mass is 10.2. The minimum Gasteiger partial charge on any atom is -0.394 e. The van der Waals surface area contributed by atoms with Crippen LogP contribution in [0.5, 0.6) is 0 Å². The van der Waals surface area contributed by atoms with E-state index < -0.39 is 0 Å². The molecule has 3 aromatic rings. The summed E-state index contributed by atoms with van der Waals surface area (Å²) in [5.41, 5.74) is 3.39. The molecule has 22 heavy (non-hydrogen) atoms. The molecule has 0 amide bonds. The summed E-state index contributed by atoms with van der Waals surface area (Å²) in [5, 5.41) is 9.59. The summed E-state index contributed by atoms with van der Waals surface area (Å²) in [4.78, 5) is 16.6. The Morgan fingerprint density at radius 2 is 2.05 bits per heavy atom. The van der Waals surface area contributed by atoms with Crippen LogP contribution in [0.4, 0.5) is 0 Å². The van der Waals surface area contributed by atoms with E-state index in [4.69, 9.17) is 4.98 Å². The molecule has 0 bridgehead atoms. The van der Waals surface area contributed by atoms with Crippen molar-refractivity contribution in [3.63, 3.8) is 0 Å². The highest BCUT2D eigenvalue weighted by Crippen LogP contribution is 2.28. The first-order valence-corrected chi connectivity index (χ1v) is 7.28. The topological polar surface area (TPSA) is 60.0 Å². The highest BCUT2D eigenvalue weighted by molar-refractivity contribution is 5.80. The zero-order chi connectivity index (χ0) is 15.9. The van der Waals surface area contributed by atoms with Crippen LogP contribution in [0.2, 0.25) is 0 Å². The second kappa shape index (κ2) is 5.42. The van der Waals surface area contributed by atoms with E-state index in [1.54, 1.807) is 24.7 Å². The van der Waals surface area contributed by atoms with Gasteiger partial charge in [0.2, 0.25) is 0 Å². The molecule has 1 N–H and O–H groups in total. The number of para-hydroxylation sites is 2. The lowest BCUT2D eigenvalue weighted by molar-refractivity contribution is 0.242. The molecular weight excluding hydrogens is 278 g/mol. The van der Waals surface area contributed by atoms with E-state index in [-0.39, 0.29) is 18.2 Å². The molecule has 5 nitrogen and oxygen atoms in total. The summed E-state index contributed by atoms with van der Waals surface area (Å²) in [6, 6.07) is 9.60. The Balaban J connectivity index is 2.33. The van der Waals surface area contributed by atoms with Gasteiger partial charge in [0.1, 0.15) is 5.82 Å². The molecule has 0 saturated carbocycles. The van der Waals surface area contributed by atoms with Crippen molar-refractivity contribution >= 4 is 11.0 Å². The maximum absolute atomic E-state index is 11.9. The first-order valence-electron chi connectivity index (χ1n) is 7.28. The fraction of sp³-hybridized carbons (Fsp3) is 0.294. The van der Waals surface area contributed by atoms with Crippen molar-refractivity contribution < 1.29 is 5.11 Å². The Morgan fingerprint density at radius 3 is 2.73 bits per heavy atom. The van der Waals surface area contributed by atoms with Gasteiger partial charge in [-0.2, -0.15) is 0 Å². The first kappa shape index (κ1) is 14.5. The standard InChI is InChI=1S/C17H19N3O2/c1-11-8-13(9-19(3)17(11)22)16-18-14-6-4-5-7-15(14)20(16)12(2)10-21/h4-9,12,21H,10H2,1-3H3/t12-/m1/s1. The van der Waals surface area contributed by atoms with Gasteiger partial charge in [0.25, 0.3) is 5.56 Å². The van der Waals surface area contributed by atoms with Gasteiger partial charge in [-0.1, -0.05) is 12.1 Å². The maximum Gasteiger partial charge on any atom is 0.253 e. The van der Waals surface area contributed by atoms with Gasteiger partial charge in [-0.05, 0) is 32.0 Å². The molecule has 0 aliphatic carbocycles. The van der Waals surface area contributed by atoms with Crippen LogP contribution in [-0.4, -0.2) is 25.8 Å². The fourth-order valence-electron chi connectivity index (χ4n) is 2.78. The zero-order valence-electron chi connectivity index (χ0n) is 12.9. The summed E-state index contributed by atoms with van der Waals surface area (Å²) in [6.45, 7) is 3.78. The number of aliphatic hydroxyl groups excluding tert-OH is 1. The van der Waals surface area contributed by atoms with Gasteiger partial charge < -0.3 is 14.2 Å². The minimum atomic E-state index is -0.0973. The minimum absolute atomic E-state index is 0.0124. The number of rotatable bonds is 3. The predicted octanol–water partition coefficient (Wildman–Crippen LogP) is 2.26. The fourth-order valence-corrected chi connectivity index (χ4v) is 2.78. The highest BCUT2D eigenvalue weighted by atomic mass is 16.3. The maximum atomic E-state index is 11.9. The molecule has 2 heterocycles. The van der Waals surface area contributed by atoms with Crippen LogP contribution in [0.1, 0.15) is 18.5 Å². The van der Waals surface area contributed by atoms with Crippen molar-refractivity contribution in [2.45, 2.75) is 19.9 Å². The second-order valence-electron chi connectivity index (χ2n) is 5.65. The molecule has 0 unspecified atom stereocenters. The molecule has 0 saturated heterocycles. The molecule has 2 aromatic heterocycles. The van der Waals surface area contributed by atoms with Crippen molar-refractivity contribution in [3.05, 3.63) is 52.4 Å². The number of fused-ring (bicyclic) bond motifs is 1. The summed E-state index contributed by atoms with van der Waals surface area (Å²) < 4.78 is 3.59. The van der Waals surface area contributed by atoms with Gasteiger partial charge in [0.05, 0.1) is 23.7 Å². The van der Waals surface area contributed by atoms with Crippen LogP contribution in [0.15, 0.2) is 41.3 Å². The van der Waals surface area contributed by atoms with Crippen LogP contribution in [0.3, 0.4) is 0 Å². The Kier molecular flexibility index (Phi) is 3.58. The lowest BCUT2D eigenvalue weighted by Crippen LogP contribution is -2.19. The van der Waals surface area contributed by atoms with Gasteiger partial charge in [-0.25, -0.2) is 4.98 Å². The van der Waals surface area contributed by atoms with E-state index in [2.05, 4.69) is 0 Å². The average Bonchev–Trinajstić information content (AvgIpc) is 2.90. The number of aromatic nitrogens is 3. The third-order valence-electron chi connectivity index (χ3n) is 3.92. The van der Waals surface area contributed by atoms with Gasteiger partial charge in [-0.3, -0.25) is 4.79 Å². The number of aryl methyl sites for hydroxylation is 2. The van der Waals surface area contributed by atoms with E-state index in [1.165, 1.54) is 0 Å². The lowest BCUT2D eigenvalue weighted by Gasteiger charge is -2.16. The van der Waals surface area contributed by atoms with Crippen molar-refractivity contribution in [1.29, 1.82) is 0 Å². The number of benzene rings is 1. The van der Waals surface area contributed by atoms with E-state index in [1.807, 2.05) is 41.8 Å². The summed E-state index contributed by atoms with van der Waals surface area (Å²) in [5.74, 6) is 0.765. The van der Waals surface area contributed by atoms with Gasteiger partial charge in [0.15, 0.2) is 0 Å². The van der Waals surface area contributed by atoms with Crippen molar-refractivity contribution in [2.75, 3.05) is 6.61 Å². The van der Waals surface area contributed by atoms with Crippen LogP contribution >= 0.6 is 0 Å². The molecule has 3 rings (SSSR count). The predicted molar refractivity (Wildman–Crippen MR) is 86.9 cm³/mol. The molecule has 0 spiro atoms. The Labute approximate surface area is 128 Å². The van der Waals surface area contributed by atoms with E-state index in [0.29, 0.717) is 5.56 Å². The largest absolute Gasteiger partial charge is 0.394 e. The second-order valence-corrected chi connectivity index (χ2v) is 5.65. The van der Waals surface area contributed by atoms with Crippen LogP contribution < -0.4 is 5.56 Å². The number of aliphatic hydroxyl groups is 1. The quantitative estimate of drug-likeness (QED) is 0.806. The molecule has 0 aliphatic heterocycles. The highest BCUT2D eigenvalue weighted by Gasteiger charge is 2.17. The number of pyridine rings is 1. The van der Waals surface area contributed by atoms with Crippen LogP contribution in [0, 0.1) is 6.92 Å². The summed E-state index contributed by atoms with van der Waals surface area (Å²) >= 11 is 0. The van der Waals surface area contributed by atoms with Crippen molar-refractivity contribution in [3.8, 4) is 11.4 Å². The van der Waals surface area contributed by atoms with Gasteiger partial charge in [0, 0.05) is 24.4 Å². The molecule has 0 radical (unpaired) electrons. The average molecular weight is 297 g/mol. The summed E-state index contributed by atoms with van der Waals surface area (Å²) in [7, 11) is 1.74. The first-order chi connectivity index (χ1) is 10.5. The molecule has 0 fully saturated rings. The third-order valence-corrected chi connectivity index (χ3v) is 3.92. The van der Waals surface area contributed by atoms with E-state index in [0.717, 1.165) is 22.4 Å². The zero-order valence-corrected chi connectivity index (χ0v) is 12.9. The Morgan fingerprint density at radius 1 is 1.32 bits per heavy atom. The Hall–Kier alpha value is -2.40. The monoisotopic (exact) mass is 297 g/mol. The third kappa shape index (κ3) is 2.23. The molecule has 0 aliphatic rings. The molecule has 1 atom stereocenters. The summed E-state index contributed by atoms with van der Waals surface area (Å²) in [6.07, 6.45) is 1.79. The smallest absolute Gasteiger partial charge is 0.253 e. The number of hydrogen-bond donors (Lipinski definition) is 1. The van der Waals surface area contributed by atoms with Gasteiger partial charge in [-0.15, -0.1) is 0 Å². The van der Waals surface area contributed by atoms with Crippen LogP contribution in [-0.2, 0) is 7.05 Å². The van der Waals surface area contributed by atoms with Crippen LogP contribution in [0.25, 0.3) is 22.4 Å². The molecular formula is C17H19N3O2. The number of imidazole rings is 1. The molecule has 5 heteroatoms. The molecule has 1 aromatic carbocycles.